The first-order valence-corrected chi connectivity index (χ1v) is 16.5. The molecule has 2 saturated heterocycles. The highest BCUT2D eigenvalue weighted by Crippen LogP contribution is 2.41. The van der Waals surface area contributed by atoms with Gasteiger partial charge in [-0.2, -0.15) is 4.57 Å². The smallest absolute Gasteiger partial charge is 0.283 e. The Morgan fingerprint density at radius 3 is 2.74 bits per heavy atom. The molecular weight excluding hydrogens is 637 g/mol. The first kappa shape index (κ1) is 31.2. The van der Waals surface area contributed by atoms with E-state index in [0.717, 1.165) is 41.9 Å². The molecule has 2 atom stereocenters. The molecule has 0 aromatic carbocycles. The van der Waals surface area contributed by atoms with Gasteiger partial charge in [-0.15, -0.1) is 23.1 Å². The molecule has 15 nitrogen and oxygen atoms in total. The van der Waals surface area contributed by atoms with Crippen molar-refractivity contribution in [2.24, 2.45) is 10.9 Å². The lowest BCUT2D eigenvalue weighted by molar-refractivity contribution is -0.683. The molecule has 3 fully saturated rings. The Morgan fingerprint density at radius 1 is 1.26 bits per heavy atom. The summed E-state index contributed by atoms with van der Waals surface area (Å²) in [5, 5.41) is 20.1. The van der Waals surface area contributed by atoms with Gasteiger partial charge < -0.3 is 36.4 Å². The standard InChI is InChI=1S/C29H30N8O7S2/c30-20(38)12-35-8-3-4-17(11-35)36-9-7-15(25(36)40)10-16-13-45-27-22(26(41)37(27)23(16)28(42)43)33-24(39)21(19-14-46-29(31)32-19)34-44-18-5-1-2-6-18/h3-4,8,10-11,14,18,22,27H,1-2,5-7,9,12-13H2,(H5-,30,31,32,33,38,39,42,43)/t22-,27-/m1/s1. The van der Waals surface area contributed by atoms with E-state index < -0.39 is 35.1 Å². The van der Waals surface area contributed by atoms with E-state index in [1.807, 2.05) is 0 Å². The van der Waals surface area contributed by atoms with Gasteiger partial charge in [-0.05, 0) is 49.8 Å². The van der Waals surface area contributed by atoms with Crippen LogP contribution in [0.1, 0.15) is 37.8 Å². The molecule has 0 unspecified atom stereocenters. The maximum Gasteiger partial charge on any atom is 0.283 e. The minimum Gasteiger partial charge on any atom is -0.543 e. The van der Waals surface area contributed by atoms with Gasteiger partial charge in [0.15, 0.2) is 23.2 Å². The van der Waals surface area contributed by atoms with Crippen LogP contribution >= 0.6 is 23.1 Å². The fraction of sp³-hybridized carbons (Fsp3) is 0.379. The van der Waals surface area contributed by atoms with Gasteiger partial charge in [0, 0.05) is 29.3 Å². The summed E-state index contributed by atoms with van der Waals surface area (Å²) in [6.45, 7) is 0.288. The maximum absolute atomic E-state index is 13.4. The van der Waals surface area contributed by atoms with Crippen molar-refractivity contribution >= 4 is 69.2 Å². The zero-order valence-electron chi connectivity index (χ0n) is 24.4. The Kier molecular flexibility index (Phi) is 8.77. The van der Waals surface area contributed by atoms with Gasteiger partial charge >= 0.3 is 0 Å². The Hall–Kier alpha value is -4.77. The molecule has 240 valence electrons. The number of primary amides is 1. The molecule has 2 aromatic rings. The largest absolute Gasteiger partial charge is 0.543 e. The third kappa shape index (κ3) is 6.19. The first-order chi connectivity index (χ1) is 22.1. The summed E-state index contributed by atoms with van der Waals surface area (Å²) in [6.07, 6.45) is 8.63. The van der Waals surface area contributed by atoms with Gasteiger partial charge in [-0.3, -0.25) is 24.1 Å². The molecule has 5 N–H and O–H groups in total. The number of pyridine rings is 1. The number of thioether (sulfide) groups is 1. The number of carbonyl (C=O) groups excluding carboxylic acids is 5. The normalized spacial score (nSPS) is 22.7. The van der Waals surface area contributed by atoms with Crippen LogP contribution in [0.3, 0.4) is 0 Å². The number of nitrogens with zero attached hydrogens (tertiary/aromatic N) is 5. The number of anilines is 2. The lowest BCUT2D eigenvalue weighted by Gasteiger charge is -2.50. The van der Waals surface area contributed by atoms with Crippen molar-refractivity contribution in [3.05, 3.63) is 58.5 Å². The van der Waals surface area contributed by atoms with E-state index in [9.17, 15) is 29.1 Å². The number of carbonyl (C=O) groups is 5. The fourth-order valence-corrected chi connectivity index (χ4v) is 7.68. The molecule has 17 heteroatoms. The number of amides is 4. The van der Waals surface area contributed by atoms with Gasteiger partial charge in [0.1, 0.15) is 28.9 Å². The van der Waals surface area contributed by atoms with E-state index in [2.05, 4.69) is 15.5 Å². The molecule has 3 aliphatic heterocycles. The molecule has 2 aromatic heterocycles. The number of carboxylic acids is 1. The molecule has 0 spiro atoms. The summed E-state index contributed by atoms with van der Waals surface area (Å²) in [6, 6.07) is 2.37. The zero-order chi connectivity index (χ0) is 32.5. The van der Waals surface area contributed by atoms with Crippen molar-refractivity contribution in [3.8, 4) is 0 Å². The zero-order valence-corrected chi connectivity index (χ0v) is 26.1. The average molecular weight is 667 g/mol. The molecule has 6 rings (SSSR count). The summed E-state index contributed by atoms with van der Waals surface area (Å²) in [5.74, 6) is -3.62. The average Bonchev–Trinajstić information content (AvgIpc) is 3.78. The fourth-order valence-electron chi connectivity index (χ4n) is 5.83. The minimum absolute atomic E-state index is 0.0496. The molecule has 4 aliphatic rings. The maximum atomic E-state index is 13.4. The van der Waals surface area contributed by atoms with Crippen LogP contribution in [0, 0.1) is 0 Å². The van der Waals surface area contributed by atoms with Gasteiger partial charge in [0.25, 0.3) is 23.6 Å². The van der Waals surface area contributed by atoms with Crippen LogP contribution in [0.2, 0.25) is 0 Å². The lowest BCUT2D eigenvalue weighted by Crippen LogP contribution is -2.71. The van der Waals surface area contributed by atoms with Crippen LogP contribution < -0.4 is 31.4 Å². The number of nitrogens with two attached hydrogens (primary N) is 2. The molecule has 0 radical (unpaired) electrons. The Bertz CT molecular complexity index is 1710. The number of carboxylic acid groups (broad SMARTS) is 1. The van der Waals surface area contributed by atoms with Crippen molar-refractivity contribution in [2.75, 3.05) is 22.9 Å². The molecule has 4 amide bonds. The van der Waals surface area contributed by atoms with Gasteiger partial charge in [0.2, 0.25) is 6.54 Å². The van der Waals surface area contributed by atoms with Gasteiger partial charge in [0.05, 0.1) is 11.7 Å². The van der Waals surface area contributed by atoms with Crippen LogP contribution in [-0.2, 0) is 35.4 Å². The monoisotopic (exact) mass is 666 g/mol. The number of β-lactam (4-membered cyclic amide) rings is 1. The molecule has 1 aliphatic carbocycles. The Balaban J connectivity index is 1.18. The number of thiazole rings is 1. The lowest BCUT2D eigenvalue weighted by atomic mass is 10.0. The summed E-state index contributed by atoms with van der Waals surface area (Å²) < 4.78 is 1.57. The number of allylic oxidation sites excluding steroid dienone is 1. The topological polar surface area (TPSA) is 217 Å². The predicted molar refractivity (Wildman–Crippen MR) is 164 cm³/mol. The highest BCUT2D eigenvalue weighted by Gasteiger charge is 2.53. The van der Waals surface area contributed by atoms with Crippen LogP contribution in [0.5, 0.6) is 0 Å². The number of oxime groups is 1. The van der Waals surface area contributed by atoms with Crippen molar-refractivity contribution in [2.45, 2.75) is 56.2 Å². The number of nitrogen functional groups attached to an aromatic ring is 1. The van der Waals surface area contributed by atoms with Crippen molar-refractivity contribution < 1.29 is 38.5 Å². The van der Waals surface area contributed by atoms with Crippen molar-refractivity contribution in [1.29, 1.82) is 0 Å². The molecule has 1 saturated carbocycles. The molecule has 5 heterocycles. The van der Waals surface area contributed by atoms with E-state index in [1.54, 1.807) is 34.5 Å². The molecule has 0 bridgehead atoms. The van der Waals surface area contributed by atoms with E-state index in [0.29, 0.717) is 24.2 Å². The molecular formula is C29H30N8O7S2. The van der Waals surface area contributed by atoms with Crippen LogP contribution in [-0.4, -0.2) is 75.0 Å². The number of hydrogen-bond acceptors (Lipinski definition) is 12. The third-order valence-corrected chi connectivity index (χ3v) is 9.99. The summed E-state index contributed by atoms with van der Waals surface area (Å²) in [4.78, 5) is 76.0. The second-order valence-corrected chi connectivity index (χ2v) is 13.1. The quantitative estimate of drug-likeness (QED) is 0.0917. The SMILES string of the molecule is NC(=O)C[n+]1cccc(N2CCC(=CC3=C(C(=O)[O-])N4C(=O)[C@@H](NC(=O)C(=NOC5CCCC5)c5csc(N)n5)[C@H]4SC3)C2=O)c1. The summed E-state index contributed by atoms with van der Waals surface area (Å²) in [7, 11) is 0. The molecule has 46 heavy (non-hydrogen) atoms. The second-order valence-electron chi connectivity index (χ2n) is 11.1. The van der Waals surface area contributed by atoms with E-state index in [-0.39, 0.29) is 52.1 Å². The number of hydrogen-bond donors (Lipinski definition) is 3. The van der Waals surface area contributed by atoms with Gasteiger partial charge in [-0.1, -0.05) is 5.16 Å². The number of rotatable bonds is 10. The van der Waals surface area contributed by atoms with E-state index in [1.165, 1.54) is 22.7 Å². The van der Waals surface area contributed by atoms with Crippen LogP contribution in [0.25, 0.3) is 0 Å². The number of aliphatic carboxylic acids is 1. The van der Waals surface area contributed by atoms with Crippen molar-refractivity contribution in [3.63, 3.8) is 0 Å². The summed E-state index contributed by atoms with van der Waals surface area (Å²) >= 11 is 2.38. The Morgan fingerprint density at radius 2 is 2.04 bits per heavy atom. The van der Waals surface area contributed by atoms with Crippen molar-refractivity contribution in [1.82, 2.24) is 15.2 Å². The number of aromatic nitrogens is 2. The predicted octanol–water partition coefficient (Wildman–Crippen LogP) is -1.07. The number of fused-ring (bicyclic) bond motifs is 1. The van der Waals surface area contributed by atoms with Crippen LogP contribution in [0.15, 0.2) is 58.0 Å². The third-order valence-electron chi connectivity index (χ3n) is 8.02. The highest BCUT2D eigenvalue weighted by molar-refractivity contribution is 8.00. The highest BCUT2D eigenvalue weighted by atomic mass is 32.2. The summed E-state index contributed by atoms with van der Waals surface area (Å²) in [5.41, 5.74) is 12.0. The van der Waals surface area contributed by atoms with Crippen LogP contribution in [0.4, 0.5) is 10.8 Å². The number of nitrogens with one attached hydrogen (secondary N) is 1. The minimum atomic E-state index is -1.57. The Labute approximate surface area is 270 Å². The van der Waals surface area contributed by atoms with E-state index in [4.69, 9.17) is 16.3 Å². The van der Waals surface area contributed by atoms with E-state index >= 15 is 0 Å². The first-order valence-electron chi connectivity index (χ1n) is 14.6. The van der Waals surface area contributed by atoms with Gasteiger partial charge in [-0.25, -0.2) is 4.98 Å². The second kappa shape index (κ2) is 12.9.